The number of hydrogen-bond donors (Lipinski definition) is 1. The van der Waals surface area contributed by atoms with E-state index in [1.165, 1.54) is 31.4 Å². The molecule has 1 aromatic rings. The lowest BCUT2D eigenvalue weighted by Crippen LogP contribution is -2.45. The summed E-state index contributed by atoms with van der Waals surface area (Å²) in [6.45, 7) is 4.61. The molecule has 1 saturated heterocycles. The van der Waals surface area contributed by atoms with Gasteiger partial charge >= 0.3 is 0 Å². The highest BCUT2D eigenvalue weighted by atomic mass is 35.5. The van der Waals surface area contributed by atoms with Crippen molar-refractivity contribution >= 4 is 11.6 Å². The quantitative estimate of drug-likeness (QED) is 0.890. The Hall–Kier alpha value is -0.570. The highest BCUT2D eigenvalue weighted by Gasteiger charge is 2.18. The first-order valence-electron chi connectivity index (χ1n) is 7.33. The smallest absolute Gasteiger partial charge is 0.0406 e. The molecular formula is C16H25ClN2. The molecule has 1 N–H and O–H groups in total. The lowest BCUT2D eigenvalue weighted by Gasteiger charge is -2.33. The highest BCUT2D eigenvalue weighted by Crippen LogP contribution is 2.15. The lowest BCUT2D eigenvalue weighted by atomic mass is 10.0. The second-order valence-corrected chi connectivity index (χ2v) is 6.21. The van der Waals surface area contributed by atoms with E-state index in [1.807, 2.05) is 12.1 Å². The molecule has 3 heteroatoms. The topological polar surface area (TPSA) is 15.3 Å². The summed E-state index contributed by atoms with van der Waals surface area (Å²) < 4.78 is 0. The minimum atomic E-state index is 0.511. The fraction of sp³-hybridized carbons (Fsp3) is 0.625. The van der Waals surface area contributed by atoms with Crippen LogP contribution in [0.3, 0.4) is 0 Å². The van der Waals surface area contributed by atoms with Crippen LogP contribution in [0, 0.1) is 0 Å². The molecule has 0 aromatic heterocycles. The molecule has 0 amide bonds. The molecule has 0 aliphatic carbocycles. The fourth-order valence-electron chi connectivity index (χ4n) is 2.79. The van der Waals surface area contributed by atoms with E-state index in [0.717, 1.165) is 18.0 Å². The normalized spacial score (nSPS) is 22.4. The molecule has 0 spiro atoms. The Morgan fingerprint density at radius 1 is 1.32 bits per heavy atom. The zero-order chi connectivity index (χ0) is 13.7. The summed E-state index contributed by atoms with van der Waals surface area (Å²) in [4.78, 5) is 2.49. The van der Waals surface area contributed by atoms with E-state index >= 15 is 0 Å². The van der Waals surface area contributed by atoms with Crippen molar-refractivity contribution in [2.45, 2.75) is 44.7 Å². The average molecular weight is 281 g/mol. The van der Waals surface area contributed by atoms with Crippen molar-refractivity contribution < 1.29 is 0 Å². The standard InChI is InChI=1S/C16H25ClN2/c1-13(11-14-6-8-15(17)9-7-14)18-12-16-5-3-4-10-19(16)2/h6-9,13,16,18H,3-5,10-12H2,1-2H3. The Morgan fingerprint density at radius 2 is 2.05 bits per heavy atom. The van der Waals surface area contributed by atoms with Gasteiger partial charge in [-0.3, -0.25) is 0 Å². The summed E-state index contributed by atoms with van der Waals surface area (Å²) in [6.07, 6.45) is 5.13. The van der Waals surface area contributed by atoms with Gasteiger partial charge in [-0.1, -0.05) is 30.2 Å². The number of likely N-dealkylation sites (tertiary alicyclic amines) is 1. The van der Waals surface area contributed by atoms with Crippen molar-refractivity contribution in [1.82, 2.24) is 10.2 Å². The number of likely N-dealkylation sites (N-methyl/N-ethyl adjacent to an activating group) is 1. The van der Waals surface area contributed by atoms with Crippen LogP contribution in [0.1, 0.15) is 31.7 Å². The number of benzene rings is 1. The first kappa shape index (κ1) is 14.8. The van der Waals surface area contributed by atoms with Gasteiger partial charge in [-0.25, -0.2) is 0 Å². The number of halogens is 1. The van der Waals surface area contributed by atoms with E-state index in [-0.39, 0.29) is 0 Å². The molecule has 1 aliphatic heterocycles. The summed E-state index contributed by atoms with van der Waals surface area (Å²) in [7, 11) is 2.25. The Kier molecular flexibility index (Phi) is 5.68. The van der Waals surface area contributed by atoms with E-state index < -0.39 is 0 Å². The van der Waals surface area contributed by atoms with Gasteiger partial charge in [0.05, 0.1) is 0 Å². The molecule has 1 heterocycles. The molecule has 1 fully saturated rings. The van der Waals surface area contributed by atoms with Gasteiger partial charge in [0.25, 0.3) is 0 Å². The van der Waals surface area contributed by atoms with Gasteiger partial charge < -0.3 is 10.2 Å². The molecule has 19 heavy (non-hydrogen) atoms. The number of nitrogens with zero attached hydrogens (tertiary/aromatic N) is 1. The van der Waals surface area contributed by atoms with Crippen molar-refractivity contribution in [3.63, 3.8) is 0 Å². The van der Waals surface area contributed by atoms with Gasteiger partial charge in [0.15, 0.2) is 0 Å². The molecule has 0 bridgehead atoms. The van der Waals surface area contributed by atoms with Crippen molar-refractivity contribution in [3.8, 4) is 0 Å². The molecule has 2 atom stereocenters. The summed E-state index contributed by atoms with van der Waals surface area (Å²) in [5.41, 5.74) is 1.35. The first-order chi connectivity index (χ1) is 9.15. The maximum absolute atomic E-state index is 5.91. The van der Waals surface area contributed by atoms with E-state index in [0.29, 0.717) is 12.1 Å². The molecule has 0 radical (unpaired) electrons. The Labute approximate surface area is 122 Å². The molecule has 2 unspecified atom stereocenters. The Morgan fingerprint density at radius 3 is 2.74 bits per heavy atom. The SMILES string of the molecule is CC(Cc1ccc(Cl)cc1)NCC1CCCCN1C. The fourth-order valence-corrected chi connectivity index (χ4v) is 2.91. The van der Waals surface area contributed by atoms with Crippen molar-refractivity contribution in [1.29, 1.82) is 0 Å². The number of nitrogens with one attached hydrogen (secondary N) is 1. The third-order valence-corrected chi connectivity index (χ3v) is 4.33. The molecule has 106 valence electrons. The highest BCUT2D eigenvalue weighted by molar-refractivity contribution is 6.30. The molecular weight excluding hydrogens is 256 g/mol. The van der Waals surface area contributed by atoms with E-state index in [4.69, 9.17) is 11.6 Å². The van der Waals surface area contributed by atoms with E-state index in [9.17, 15) is 0 Å². The molecule has 0 saturated carbocycles. The van der Waals surface area contributed by atoms with Crippen LogP contribution in [0.25, 0.3) is 0 Å². The van der Waals surface area contributed by atoms with Gasteiger partial charge in [-0.2, -0.15) is 0 Å². The minimum Gasteiger partial charge on any atom is -0.312 e. The van der Waals surface area contributed by atoms with Crippen LogP contribution in [0.5, 0.6) is 0 Å². The van der Waals surface area contributed by atoms with Crippen LogP contribution >= 0.6 is 11.6 Å². The van der Waals surface area contributed by atoms with Gasteiger partial charge in [-0.05, 0) is 57.5 Å². The molecule has 2 nitrogen and oxygen atoms in total. The predicted molar refractivity (Wildman–Crippen MR) is 82.9 cm³/mol. The first-order valence-corrected chi connectivity index (χ1v) is 7.71. The zero-order valence-electron chi connectivity index (χ0n) is 12.0. The van der Waals surface area contributed by atoms with Crippen LogP contribution in [0.15, 0.2) is 24.3 Å². The monoisotopic (exact) mass is 280 g/mol. The van der Waals surface area contributed by atoms with E-state index in [2.05, 4.69) is 36.3 Å². The third kappa shape index (κ3) is 4.79. The minimum absolute atomic E-state index is 0.511. The number of rotatable bonds is 5. The van der Waals surface area contributed by atoms with Gasteiger partial charge in [0.1, 0.15) is 0 Å². The summed E-state index contributed by atoms with van der Waals surface area (Å²) in [6, 6.07) is 9.40. The van der Waals surface area contributed by atoms with Gasteiger partial charge in [0.2, 0.25) is 0 Å². The van der Waals surface area contributed by atoms with Crippen LogP contribution in [-0.4, -0.2) is 37.1 Å². The Balaban J connectivity index is 1.74. The van der Waals surface area contributed by atoms with Crippen LogP contribution in [0.4, 0.5) is 0 Å². The molecule has 1 aromatic carbocycles. The summed E-state index contributed by atoms with van der Waals surface area (Å²) >= 11 is 5.91. The summed E-state index contributed by atoms with van der Waals surface area (Å²) in [5.74, 6) is 0. The van der Waals surface area contributed by atoms with E-state index in [1.54, 1.807) is 0 Å². The van der Waals surface area contributed by atoms with Crippen molar-refractivity contribution in [2.24, 2.45) is 0 Å². The molecule has 2 rings (SSSR count). The predicted octanol–water partition coefficient (Wildman–Crippen LogP) is 3.34. The zero-order valence-corrected chi connectivity index (χ0v) is 12.8. The van der Waals surface area contributed by atoms with Crippen molar-refractivity contribution in [2.75, 3.05) is 20.1 Å². The molecule has 1 aliphatic rings. The van der Waals surface area contributed by atoms with Crippen LogP contribution in [0.2, 0.25) is 5.02 Å². The van der Waals surface area contributed by atoms with Crippen LogP contribution in [-0.2, 0) is 6.42 Å². The van der Waals surface area contributed by atoms with Gasteiger partial charge in [-0.15, -0.1) is 0 Å². The Bertz CT molecular complexity index is 377. The summed E-state index contributed by atoms with van der Waals surface area (Å²) in [5, 5.41) is 4.48. The van der Waals surface area contributed by atoms with Crippen LogP contribution < -0.4 is 5.32 Å². The maximum atomic E-state index is 5.91. The second kappa shape index (κ2) is 7.28. The average Bonchev–Trinajstić information content (AvgIpc) is 2.40. The number of piperidine rings is 1. The second-order valence-electron chi connectivity index (χ2n) is 5.77. The number of hydrogen-bond acceptors (Lipinski definition) is 2. The van der Waals surface area contributed by atoms with Crippen molar-refractivity contribution in [3.05, 3.63) is 34.9 Å². The largest absolute Gasteiger partial charge is 0.312 e. The van der Waals surface area contributed by atoms with Gasteiger partial charge in [0, 0.05) is 23.7 Å². The maximum Gasteiger partial charge on any atom is 0.0406 e. The lowest BCUT2D eigenvalue weighted by molar-refractivity contribution is 0.178. The third-order valence-electron chi connectivity index (χ3n) is 4.08.